The van der Waals surface area contributed by atoms with E-state index in [1.54, 1.807) is 25.1 Å². The van der Waals surface area contributed by atoms with Crippen LogP contribution in [-0.4, -0.2) is 37.6 Å². The topological polar surface area (TPSA) is 143 Å². The second-order valence-corrected chi connectivity index (χ2v) is 6.00. The second kappa shape index (κ2) is 9.40. The molecule has 0 aliphatic rings. The third-order valence-corrected chi connectivity index (χ3v) is 4.08. The zero-order valence-electron chi connectivity index (χ0n) is 16.1. The first-order chi connectivity index (χ1) is 13.8. The number of carbonyl (C=O) groups is 2. The van der Waals surface area contributed by atoms with Crippen molar-refractivity contribution in [3.8, 4) is 11.5 Å². The standard InChI is InChI=1S/C19H21N3O7/c1-11(14-9-13(27-2)5-7-17(14)28-3)21-18(23)10-29-19(24)15-8-12(22(25)26)4-6-16(15)20/h4-9,11H,10,20H2,1-3H3,(H,21,23)/t11-/m0/s1. The number of benzene rings is 2. The van der Waals surface area contributed by atoms with Gasteiger partial charge in [-0.05, 0) is 31.2 Å². The van der Waals surface area contributed by atoms with Gasteiger partial charge in [-0.25, -0.2) is 4.79 Å². The molecule has 0 bridgehead atoms. The molecule has 0 aromatic heterocycles. The predicted octanol–water partition coefficient (Wildman–Crippen LogP) is 2.23. The summed E-state index contributed by atoms with van der Waals surface area (Å²) in [5.41, 5.74) is 5.85. The lowest BCUT2D eigenvalue weighted by Crippen LogP contribution is -2.31. The highest BCUT2D eigenvalue weighted by Crippen LogP contribution is 2.29. The van der Waals surface area contributed by atoms with Crippen molar-refractivity contribution in [2.75, 3.05) is 26.6 Å². The van der Waals surface area contributed by atoms with E-state index in [-0.39, 0.29) is 16.9 Å². The van der Waals surface area contributed by atoms with Crippen LogP contribution in [0.15, 0.2) is 36.4 Å². The molecule has 0 radical (unpaired) electrons. The number of methoxy groups -OCH3 is 2. The Hall–Kier alpha value is -3.82. The highest BCUT2D eigenvalue weighted by molar-refractivity contribution is 5.97. The van der Waals surface area contributed by atoms with Crippen molar-refractivity contribution in [2.24, 2.45) is 0 Å². The summed E-state index contributed by atoms with van der Waals surface area (Å²) in [6.45, 7) is 1.15. The van der Waals surface area contributed by atoms with Gasteiger partial charge in [0.2, 0.25) is 0 Å². The minimum atomic E-state index is -0.937. The maximum atomic E-state index is 12.2. The van der Waals surface area contributed by atoms with Crippen molar-refractivity contribution in [3.05, 3.63) is 57.6 Å². The molecule has 10 heteroatoms. The third kappa shape index (κ3) is 5.34. The summed E-state index contributed by atoms with van der Waals surface area (Å²) in [7, 11) is 3.03. The highest BCUT2D eigenvalue weighted by atomic mass is 16.6. The minimum Gasteiger partial charge on any atom is -0.497 e. The van der Waals surface area contributed by atoms with Crippen LogP contribution in [0.3, 0.4) is 0 Å². The van der Waals surface area contributed by atoms with Crippen LogP contribution >= 0.6 is 0 Å². The van der Waals surface area contributed by atoms with Crippen molar-refractivity contribution >= 4 is 23.3 Å². The first-order valence-corrected chi connectivity index (χ1v) is 8.49. The number of esters is 1. The summed E-state index contributed by atoms with van der Waals surface area (Å²) in [5, 5.41) is 13.5. The van der Waals surface area contributed by atoms with E-state index in [0.29, 0.717) is 17.1 Å². The number of nitrogens with zero attached hydrogens (tertiary/aromatic N) is 1. The Morgan fingerprint density at radius 1 is 1.17 bits per heavy atom. The molecule has 29 heavy (non-hydrogen) atoms. The molecular formula is C19H21N3O7. The summed E-state index contributed by atoms with van der Waals surface area (Å²) in [6, 6.07) is 8.09. The number of nitro groups is 1. The number of rotatable bonds is 8. The van der Waals surface area contributed by atoms with E-state index >= 15 is 0 Å². The normalized spacial score (nSPS) is 11.3. The van der Waals surface area contributed by atoms with Crippen LogP contribution in [0.1, 0.15) is 28.9 Å². The van der Waals surface area contributed by atoms with Gasteiger partial charge in [-0.15, -0.1) is 0 Å². The molecule has 10 nitrogen and oxygen atoms in total. The van der Waals surface area contributed by atoms with Gasteiger partial charge in [-0.2, -0.15) is 0 Å². The number of ether oxygens (including phenoxy) is 3. The zero-order valence-corrected chi connectivity index (χ0v) is 16.1. The van der Waals surface area contributed by atoms with Crippen LogP contribution in [-0.2, 0) is 9.53 Å². The van der Waals surface area contributed by atoms with E-state index in [0.717, 1.165) is 6.07 Å². The number of carbonyl (C=O) groups excluding carboxylic acids is 2. The Bertz CT molecular complexity index is 930. The molecule has 2 aromatic rings. The average molecular weight is 403 g/mol. The lowest BCUT2D eigenvalue weighted by Gasteiger charge is -2.18. The lowest BCUT2D eigenvalue weighted by molar-refractivity contribution is -0.384. The highest BCUT2D eigenvalue weighted by Gasteiger charge is 2.19. The number of non-ortho nitro benzene ring substituents is 1. The zero-order chi connectivity index (χ0) is 21.6. The third-order valence-electron chi connectivity index (χ3n) is 4.08. The van der Waals surface area contributed by atoms with E-state index in [1.165, 1.54) is 26.4 Å². The largest absolute Gasteiger partial charge is 0.497 e. The number of nitrogens with two attached hydrogens (primary N) is 1. The van der Waals surface area contributed by atoms with Gasteiger partial charge < -0.3 is 25.3 Å². The molecule has 0 heterocycles. The molecule has 0 aliphatic carbocycles. The SMILES string of the molecule is COc1ccc(OC)c([C@H](C)NC(=O)COC(=O)c2cc([N+](=O)[O-])ccc2N)c1. The Morgan fingerprint density at radius 3 is 2.52 bits per heavy atom. The molecular weight excluding hydrogens is 382 g/mol. The number of nitrogen functional groups attached to an aromatic ring is 1. The second-order valence-electron chi connectivity index (χ2n) is 6.00. The molecule has 2 aromatic carbocycles. The van der Waals surface area contributed by atoms with Gasteiger partial charge in [0.1, 0.15) is 11.5 Å². The molecule has 1 amide bonds. The summed E-state index contributed by atoms with van der Waals surface area (Å²) in [5.74, 6) is -0.359. The maximum Gasteiger partial charge on any atom is 0.341 e. The van der Waals surface area contributed by atoms with Gasteiger partial charge in [0.15, 0.2) is 6.61 Å². The van der Waals surface area contributed by atoms with E-state index in [4.69, 9.17) is 19.9 Å². The van der Waals surface area contributed by atoms with E-state index in [9.17, 15) is 19.7 Å². The lowest BCUT2D eigenvalue weighted by atomic mass is 10.1. The van der Waals surface area contributed by atoms with Gasteiger partial charge in [0, 0.05) is 23.4 Å². The van der Waals surface area contributed by atoms with Crippen LogP contribution in [0.4, 0.5) is 11.4 Å². The Kier molecular flexibility index (Phi) is 6.96. The van der Waals surface area contributed by atoms with Gasteiger partial charge in [0.25, 0.3) is 11.6 Å². The van der Waals surface area contributed by atoms with E-state index < -0.39 is 29.4 Å². The number of hydrogen-bond acceptors (Lipinski definition) is 8. The van der Waals surface area contributed by atoms with Crippen molar-refractivity contribution in [1.29, 1.82) is 0 Å². The fraction of sp³-hybridized carbons (Fsp3) is 0.263. The summed E-state index contributed by atoms with van der Waals surface area (Å²) in [6.07, 6.45) is 0. The van der Waals surface area contributed by atoms with Crippen LogP contribution in [0, 0.1) is 10.1 Å². The quantitative estimate of drug-likeness (QED) is 0.296. The first-order valence-electron chi connectivity index (χ1n) is 8.49. The fourth-order valence-corrected chi connectivity index (χ4v) is 2.58. The first kappa shape index (κ1) is 21.5. The molecule has 0 saturated heterocycles. The van der Waals surface area contributed by atoms with Crippen LogP contribution in [0.5, 0.6) is 11.5 Å². The number of anilines is 1. The maximum absolute atomic E-state index is 12.2. The Labute approximate surface area is 166 Å². The molecule has 0 spiro atoms. The molecule has 0 saturated carbocycles. The Balaban J connectivity index is 2.02. The van der Waals surface area contributed by atoms with Gasteiger partial charge in [-0.1, -0.05) is 0 Å². The van der Waals surface area contributed by atoms with Crippen molar-refractivity contribution in [2.45, 2.75) is 13.0 Å². The molecule has 2 rings (SSSR count). The molecule has 154 valence electrons. The minimum absolute atomic E-state index is 0.00972. The monoisotopic (exact) mass is 403 g/mol. The number of nitro benzene ring substituents is 1. The Morgan fingerprint density at radius 2 is 1.90 bits per heavy atom. The van der Waals surface area contributed by atoms with Crippen LogP contribution in [0.2, 0.25) is 0 Å². The molecule has 0 fully saturated rings. The molecule has 1 atom stereocenters. The van der Waals surface area contributed by atoms with Crippen molar-refractivity contribution in [1.82, 2.24) is 5.32 Å². The van der Waals surface area contributed by atoms with Crippen LogP contribution < -0.4 is 20.5 Å². The summed E-state index contributed by atoms with van der Waals surface area (Å²) < 4.78 is 15.4. The smallest absolute Gasteiger partial charge is 0.341 e. The number of amides is 1. The molecule has 3 N–H and O–H groups in total. The average Bonchev–Trinajstić information content (AvgIpc) is 2.71. The van der Waals surface area contributed by atoms with E-state index in [1.807, 2.05) is 0 Å². The molecule has 0 aliphatic heterocycles. The van der Waals surface area contributed by atoms with Gasteiger partial charge in [-0.3, -0.25) is 14.9 Å². The fourth-order valence-electron chi connectivity index (χ4n) is 2.58. The number of nitrogens with one attached hydrogen (secondary N) is 1. The van der Waals surface area contributed by atoms with E-state index in [2.05, 4.69) is 5.32 Å². The summed E-state index contributed by atoms with van der Waals surface area (Å²) in [4.78, 5) is 34.5. The van der Waals surface area contributed by atoms with Gasteiger partial charge >= 0.3 is 5.97 Å². The molecule has 0 unspecified atom stereocenters. The number of hydrogen-bond donors (Lipinski definition) is 2. The van der Waals surface area contributed by atoms with Crippen molar-refractivity contribution in [3.63, 3.8) is 0 Å². The van der Waals surface area contributed by atoms with Crippen molar-refractivity contribution < 1.29 is 28.7 Å². The van der Waals surface area contributed by atoms with Gasteiger partial charge in [0.05, 0.1) is 30.7 Å². The summed E-state index contributed by atoms with van der Waals surface area (Å²) >= 11 is 0. The predicted molar refractivity (Wildman–Crippen MR) is 104 cm³/mol. The van der Waals surface area contributed by atoms with Crippen LogP contribution in [0.25, 0.3) is 0 Å².